The van der Waals surface area contributed by atoms with Crippen molar-refractivity contribution in [3.8, 4) is 0 Å². The summed E-state index contributed by atoms with van der Waals surface area (Å²) in [5, 5.41) is 13.5. The molecule has 1 aromatic heterocycles. The van der Waals surface area contributed by atoms with Gasteiger partial charge in [-0.3, -0.25) is 9.69 Å². The van der Waals surface area contributed by atoms with Crippen molar-refractivity contribution >= 4 is 5.97 Å². The van der Waals surface area contributed by atoms with E-state index in [1.165, 1.54) is 0 Å². The van der Waals surface area contributed by atoms with Gasteiger partial charge in [0.2, 0.25) is 5.89 Å². The first-order valence-electron chi connectivity index (χ1n) is 7.87. The highest BCUT2D eigenvalue weighted by Crippen LogP contribution is 2.36. The summed E-state index contributed by atoms with van der Waals surface area (Å²) in [6.07, 6.45) is 4.89. The smallest absolute Gasteiger partial charge is 0.309 e. The molecule has 0 unspecified atom stereocenters. The van der Waals surface area contributed by atoms with Gasteiger partial charge in [-0.2, -0.15) is 4.98 Å². The van der Waals surface area contributed by atoms with Gasteiger partial charge in [-0.05, 0) is 38.8 Å². The summed E-state index contributed by atoms with van der Waals surface area (Å²) in [6.45, 7) is 6.34. The molecular formula is C15H25N3O3. The molecule has 0 spiro atoms. The predicted molar refractivity (Wildman–Crippen MR) is 77.8 cm³/mol. The lowest BCUT2D eigenvalue weighted by molar-refractivity contribution is -0.152. The SMILES string of the molecule is CCCc1nc(CN2CCC(CCC)(C(=O)O)CC2)no1. The molecule has 1 aliphatic heterocycles. The highest BCUT2D eigenvalue weighted by molar-refractivity contribution is 5.74. The zero-order chi connectivity index (χ0) is 15.3. The minimum absolute atomic E-state index is 0.532. The molecule has 2 rings (SSSR count). The molecule has 0 atom stereocenters. The summed E-state index contributed by atoms with van der Waals surface area (Å²) < 4.78 is 5.18. The number of nitrogens with zero attached hydrogens (tertiary/aromatic N) is 3. The Kier molecular flexibility index (Phi) is 5.33. The fourth-order valence-electron chi connectivity index (χ4n) is 3.06. The van der Waals surface area contributed by atoms with E-state index in [-0.39, 0.29) is 0 Å². The van der Waals surface area contributed by atoms with Gasteiger partial charge in [0.05, 0.1) is 12.0 Å². The fraction of sp³-hybridized carbons (Fsp3) is 0.800. The third-order valence-corrected chi connectivity index (χ3v) is 4.33. The Morgan fingerprint density at radius 3 is 2.62 bits per heavy atom. The lowest BCUT2D eigenvalue weighted by Crippen LogP contribution is -2.44. The summed E-state index contributed by atoms with van der Waals surface area (Å²) in [7, 11) is 0. The van der Waals surface area contributed by atoms with Crippen LogP contribution in [0.2, 0.25) is 0 Å². The summed E-state index contributed by atoms with van der Waals surface area (Å²) >= 11 is 0. The normalized spacial score (nSPS) is 18.8. The van der Waals surface area contributed by atoms with E-state index < -0.39 is 11.4 Å². The van der Waals surface area contributed by atoms with Crippen LogP contribution in [-0.2, 0) is 17.8 Å². The number of rotatable bonds is 7. The number of carboxylic acid groups (broad SMARTS) is 1. The Morgan fingerprint density at radius 2 is 2.05 bits per heavy atom. The number of aromatic nitrogens is 2. The van der Waals surface area contributed by atoms with Gasteiger partial charge in [0, 0.05) is 6.42 Å². The number of hydrogen-bond donors (Lipinski definition) is 1. The standard InChI is InChI=1S/C15H25N3O3/c1-3-5-13-16-12(17-21-13)11-18-9-7-15(6-4-2,8-10-18)14(19)20/h3-11H2,1-2H3,(H,19,20). The lowest BCUT2D eigenvalue weighted by Gasteiger charge is -2.38. The van der Waals surface area contributed by atoms with Crippen molar-refractivity contribution < 1.29 is 14.4 Å². The first kappa shape index (κ1) is 15.9. The number of piperidine rings is 1. The second kappa shape index (κ2) is 7.02. The number of likely N-dealkylation sites (tertiary alicyclic amines) is 1. The quantitative estimate of drug-likeness (QED) is 0.832. The number of aliphatic carboxylic acids is 1. The summed E-state index contributed by atoms with van der Waals surface area (Å²) in [6, 6.07) is 0. The van der Waals surface area contributed by atoms with Crippen LogP contribution in [-0.4, -0.2) is 39.2 Å². The van der Waals surface area contributed by atoms with Crippen LogP contribution in [0.4, 0.5) is 0 Å². The van der Waals surface area contributed by atoms with Crippen molar-refractivity contribution in [2.75, 3.05) is 13.1 Å². The Hall–Kier alpha value is -1.43. The van der Waals surface area contributed by atoms with Gasteiger partial charge in [0.15, 0.2) is 5.82 Å². The van der Waals surface area contributed by atoms with Gasteiger partial charge in [-0.1, -0.05) is 25.4 Å². The molecule has 1 fully saturated rings. The first-order valence-corrected chi connectivity index (χ1v) is 7.87. The van der Waals surface area contributed by atoms with Crippen LogP contribution in [0, 0.1) is 5.41 Å². The van der Waals surface area contributed by atoms with E-state index in [4.69, 9.17) is 4.52 Å². The van der Waals surface area contributed by atoms with E-state index in [1.54, 1.807) is 0 Å². The second-order valence-corrected chi connectivity index (χ2v) is 5.97. The number of carbonyl (C=O) groups is 1. The van der Waals surface area contributed by atoms with Crippen LogP contribution in [0.25, 0.3) is 0 Å². The molecule has 0 saturated carbocycles. The van der Waals surface area contributed by atoms with Gasteiger partial charge in [-0.15, -0.1) is 0 Å². The Bertz CT molecular complexity index is 464. The minimum Gasteiger partial charge on any atom is -0.481 e. The van der Waals surface area contributed by atoms with E-state index in [1.807, 2.05) is 6.92 Å². The van der Waals surface area contributed by atoms with Crippen molar-refractivity contribution in [3.05, 3.63) is 11.7 Å². The molecule has 1 aliphatic rings. The maximum Gasteiger partial charge on any atom is 0.309 e. The molecule has 0 amide bonds. The van der Waals surface area contributed by atoms with Crippen molar-refractivity contribution in [1.82, 2.24) is 15.0 Å². The molecule has 0 bridgehead atoms. The first-order chi connectivity index (χ1) is 10.1. The van der Waals surface area contributed by atoms with E-state index in [0.717, 1.165) is 38.8 Å². The highest BCUT2D eigenvalue weighted by atomic mass is 16.5. The Morgan fingerprint density at radius 1 is 1.33 bits per heavy atom. The molecule has 1 aromatic rings. The number of hydrogen-bond acceptors (Lipinski definition) is 5. The third-order valence-electron chi connectivity index (χ3n) is 4.33. The van der Waals surface area contributed by atoms with Crippen LogP contribution in [0.5, 0.6) is 0 Å². The van der Waals surface area contributed by atoms with Crippen LogP contribution in [0.15, 0.2) is 4.52 Å². The van der Waals surface area contributed by atoms with Crippen LogP contribution < -0.4 is 0 Å². The molecule has 1 saturated heterocycles. The molecule has 6 heteroatoms. The average molecular weight is 295 g/mol. The van der Waals surface area contributed by atoms with Gasteiger partial charge in [-0.25, -0.2) is 0 Å². The molecule has 1 N–H and O–H groups in total. The Balaban J connectivity index is 1.89. The summed E-state index contributed by atoms with van der Waals surface area (Å²) in [5.74, 6) is 0.751. The predicted octanol–water partition coefficient (Wildman–Crippen LogP) is 2.49. The maximum atomic E-state index is 11.5. The van der Waals surface area contributed by atoms with Crippen LogP contribution in [0.1, 0.15) is 57.7 Å². The molecule has 0 radical (unpaired) electrons. The number of carboxylic acids is 1. The van der Waals surface area contributed by atoms with Gasteiger partial charge < -0.3 is 9.63 Å². The van der Waals surface area contributed by atoms with E-state index >= 15 is 0 Å². The average Bonchev–Trinajstić information content (AvgIpc) is 2.89. The zero-order valence-electron chi connectivity index (χ0n) is 13.0. The fourth-order valence-corrected chi connectivity index (χ4v) is 3.06. The molecular weight excluding hydrogens is 270 g/mol. The maximum absolute atomic E-state index is 11.5. The van der Waals surface area contributed by atoms with E-state index in [0.29, 0.717) is 31.1 Å². The molecule has 0 aromatic carbocycles. The lowest BCUT2D eigenvalue weighted by atomic mass is 9.75. The third kappa shape index (κ3) is 3.81. The van der Waals surface area contributed by atoms with Crippen molar-refractivity contribution in [2.24, 2.45) is 5.41 Å². The molecule has 118 valence electrons. The minimum atomic E-state index is -0.645. The zero-order valence-corrected chi connectivity index (χ0v) is 13.0. The van der Waals surface area contributed by atoms with Gasteiger partial charge >= 0.3 is 5.97 Å². The van der Waals surface area contributed by atoms with Crippen LogP contribution >= 0.6 is 0 Å². The Labute approximate surface area is 125 Å². The molecule has 2 heterocycles. The van der Waals surface area contributed by atoms with E-state index in [9.17, 15) is 9.90 Å². The molecule has 0 aliphatic carbocycles. The van der Waals surface area contributed by atoms with E-state index in [2.05, 4.69) is 22.0 Å². The monoisotopic (exact) mass is 295 g/mol. The summed E-state index contributed by atoms with van der Waals surface area (Å²) in [5.41, 5.74) is -0.532. The van der Waals surface area contributed by atoms with Crippen molar-refractivity contribution in [1.29, 1.82) is 0 Å². The molecule has 21 heavy (non-hydrogen) atoms. The summed E-state index contributed by atoms with van der Waals surface area (Å²) in [4.78, 5) is 18.1. The van der Waals surface area contributed by atoms with Gasteiger partial charge in [0.1, 0.15) is 0 Å². The van der Waals surface area contributed by atoms with Gasteiger partial charge in [0.25, 0.3) is 0 Å². The largest absolute Gasteiger partial charge is 0.481 e. The number of aryl methyl sites for hydroxylation is 1. The highest BCUT2D eigenvalue weighted by Gasteiger charge is 2.40. The second-order valence-electron chi connectivity index (χ2n) is 5.97. The van der Waals surface area contributed by atoms with Crippen molar-refractivity contribution in [3.63, 3.8) is 0 Å². The van der Waals surface area contributed by atoms with Crippen molar-refractivity contribution in [2.45, 2.75) is 58.9 Å². The topological polar surface area (TPSA) is 79.5 Å². The molecule has 6 nitrogen and oxygen atoms in total. The van der Waals surface area contributed by atoms with Crippen LogP contribution in [0.3, 0.4) is 0 Å².